The van der Waals surface area contributed by atoms with Gasteiger partial charge in [-0.3, -0.25) is 4.79 Å². The Bertz CT molecular complexity index is 342. The molecule has 0 radical (unpaired) electrons. The van der Waals surface area contributed by atoms with Crippen LogP contribution in [-0.4, -0.2) is 5.78 Å². The monoisotopic (exact) mass is 194 g/mol. The number of halogens is 1. The molecule has 0 saturated carbocycles. The van der Waals surface area contributed by atoms with E-state index in [1.807, 2.05) is 13.8 Å². The summed E-state index contributed by atoms with van der Waals surface area (Å²) < 4.78 is 13.3. The summed E-state index contributed by atoms with van der Waals surface area (Å²) in [6.07, 6.45) is 0.461. The minimum Gasteiger partial charge on any atom is -0.294 e. The summed E-state index contributed by atoms with van der Waals surface area (Å²) in [7, 11) is 0. The average Bonchev–Trinajstić information content (AvgIpc) is 2.17. The van der Waals surface area contributed by atoms with Gasteiger partial charge in [0.15, 0.2) is 5.78 Å². The van der Waals surface area contributed by atoms with Crippen LogP contribution in [0, 0.1) is 5.82 Å². The van der Waals surface area contributed by atoms with Gasteiger partial charge in [0.1, 0.15) is 5.82 Å². The standard InChI is InChI=1S/C12H15FO/c1-4-12(14)9-5-6-11(13)10(7-9)8(2)3/h5-8H,4H2,1-3H3. The van der Waals surface area contributed by atoms with Gasteiger partial charge in [-0.25, -0.2) is 4.39 Å². The largest absolute Gasteiger partial charge is 0.294 e. The molecule has 0 aliphatic rings. The molecule has 0 fully saturated rings. The number of carbonyl (C=O) groups excluding carboxylic acids is 1. The lowest BCUT2D eigenvalue weighted by molar-refractivity contribution is 0.0988. The van der Waals surface area contributed by atoms with Crippen molar-refractivity contribution < 1.29 is 9.18 Å². The first kappa shape index (κ1) is 10.9. The molecule has 76 valence electrons. The number of benzene rings is 1. The van der Waals surface area contributed by atoms with Crippen LogP contribution in [0.1, 0.15) is 49.0 Å². The normalized spacial score (nSPS) is 10.6. The number of hydrogen-bond acceptors (Lipinski definition) is 1. The van der Waals surface area contributed by atoms with Crippen LogP contribution in [0.2, 0.25) is 0 Å². The lowest BCUT2D eigenvalue weighted by Gasteiger charge is -2.08. The molecule has 0 spiro atoms. The summed E-state index contributed by atoms with van der Waals surface area (Å²) in [4.78, 5) is 11.4. The number of hydrogen-bond donors (Lipinski definition) is 0. The second kappa shape index (κ2) is 4.36. The molecule has 2 heteroatoms. The molecule has 0 aromatic heterocycles. The highest BCUT2D eigenvalue weighted by Crippen LogP contribution is 2.20. The first-order chi connectivity index (χ1) is 6.56. The van der Waals surface area contributed by atoms with Crippen molar-refractivity contribution in [3.8, 4) is 0 Å². The van der Waals surface area contributed by atoms with Crippen LogP contribution >= 0.6 is 0 Å². The fraction of sp³-hybridized carbons (Fsp3) is 0.417. The van der Waals surface area contributed by atoms with E-state index in [2.05, 4.69) is 0 Å². The molecule has 0 unspecified atom stereocenters. The zero-order valence-electron chi connectivity index (χ0n) is 8.80. The second-order valence-corrected chi connectivity index (χ2v) is 3.67. The van der Waals surface area contributed by atoms with Crippen LogP contribution in [0.5, 0.6) is 0 Å². The maximum absolute atomic E-state index is 13.3. The van der Waals surface area contributed by atoms with E-state index in [1.165, 1.54) is 6.07 Å². The first-order valence-corrected chi connectivity index (χ1v) is 4.89. The van der Waals surface area contributed by atoms with Gasteiger partial charge in [0, 0.05) is 12.0 Å². The maximum atomic E-state index is 13.3. The minimum absolute atomic E-state index is 0.0619. The topological polar surface area (TPSA) is 17.1 Å². The van der Waals surface area contributed by atoms with Gasteiger partial charge in [-0.2, -0.15) is 0 Å². The summed E-state index contributed by atoms with van der Waals surface area (Å²) in [6.45, 7) is 5.64. The van der Waals surface area contributed by atoms with Gasteiger partial charge in [-0.05, 0) is 29.7 Å². The van der Waals surface area contributed by atoms with Crippen molar-refractivity contribution >= 4 is 5.78 Å². The van der Waals surface area contributed by atoms with E-state index in [0.717, 1.165) is 0 Å². The first-order valence-electron chi connectivity index (χ1n) is 4.89. The summed E-state index contributed by atoms with van der Waals surface area (Å²) >= 11 is 0. The quantitative estimate of drug-likeness (QED) is 0.672. The molecule has 0 saturated heterocycles. The molecular formula is C12H15FO. The predicted molar refractivity (Wildman–Crippen MR) is 55.1 cm³/mol. The number of rotatable bonds is 3. The SMILES string of the molecule is CCC(=O)c1ccc(F)c(C(C)C)c1. The minimum atomic E-state index is -0.229. The number of Topliss-reactive ketones (excluding diaryl/α,β-unsaturated/α-hetero) is 1. The molecule has 0 aliphatic carbocycles. The third-order valence-electron chi connectivity index (χ3n) is 2.26. The Labute approximate surface area is 83.9 Å². The van der Waals surface area contributed by atoms with Gasteiger partial charge >= 0.3 is 0 Å². The zero-order valence-corrected chi connectivity index (χ0v) is 8.80. The van der Waals surface area contributed by atoms with Crippen molar-refractivity contribution in [2.75, 3.05) is 0 Å². The highest BCUT2D eigenvalue weighted by atomic mass is 19.1. The van der Waals surface area contributed by atoms with Crippen LogP contribution in [-0.2, 0) is 0 Å². The van der Waals surface area contributed by atoms with E-state index >= 15 is 0 Å². The fourth-order valence-corrected chi connectivity index (χ4v) is 1.36. The number of carbonyl (C=O) groups is 1. The van der Waals surface area contributed by atoms with Crippen molar-refractivity contribution in [3.05, 3.63) is 35.1 Å². The smallest absolute Gasteiger partial charge is 0.162 e. The third kappa shape index (κ3) is 2.19. The van der Waals surface area contributed by atoms with Gasteiger partial charge in [0.2, 0.25) is 0 Å². The molecule has 0 N–H and O–H groups in total. The Hall–Kier alpha value is -1.18. The molecule has 1 aromatic rings. The maximum Gasteiger partial charge on any atom is 0.162 e. The van der Waals surface area contributed by atoms with Crippen molar-refractivity contribution in [1.29, 1.82) is 0 Å². The zero-order chi connectivity index (χ0) is 10.7. The van der Waals surface area contributed by atoms with Crippen LogP contribution in [0.25, 0.3) is 0 Å². The third-order valence-corrected chi connectivity index (χ3v) is 2.26. The second-order valence-electron chi connectivity index (χ2n) is 3.67. The molecule has 1 aromatic carbocycles. The van der Waals surface area contributed by atoms with E-state index in [-0.39, 0.29) is 17.5 Å². The molecule has 0 aliphatic heterocycles. The van der Waals surface area contributed by atoms with Crippen LogP contribution < -0.4 is 0 Å². The number of ketones is 1. The van der Waals surface area contributed by atoms with Crippen molar-refractivity contribution in [3.63, 3.8) is 0 Å². The summed E-state index contributed by atoms with van der Waals surface area (Å²) in [6, 6.07) is 4.58. The van der Waals surface area contributed by atoms with Gasteiger partial charge in [0.25, 0.3) is 0 Å². The van der Waals surface area contributed by atoms with E-state index in [0.29, 0.717) is 17.5 Å². The Kier molecular flexibility index (Phi) is 3.39. The highest BCUT2D eigenvalue weighted by molar-refractivity contribution is 5.96. The van der Waals surface area contributed by atoms with Gasteiger partial charge in [-0.15, -0.1) is 0 Å². The average molecular weight is 194 g/mol. The summed E-state index contributed by atoms with van der Waals surface area (Å²) in [5.74, 6) is -0.0563. The van der Waals surface area contributed by atoms with Gasteiger partial charge in [-0.1, -0.05) is 20.8 Å². The van der Waals surface area contributed by atoms with E-state index in [9.17, 15) is 9.18 Å². The molecule has 1 rings (SSSR count). The Morgan fingerprint density at radius 2 is 2.07 bits per heavy atom. The fourth-order valence-electron chi connectivity index (χ4n) is 1.36. The van der Waals surface area contributed by atoms with Gasteiger partial charge in [0.05, 0.1) is 0 Å². The summed E-state index contributed by atoms with van der Waals surface area (Å²) in [5.41, 5.74) is 1.22. The highest BCUT2D eigenvalue weighted by Gasteiger charge is 2.10. The van der Waals surface area contributed by atoms with Crippen molar-refractivity contribution in [2.24, 2.45) is 0 Å². The molecule has 14 heavy (non-hydrogen) atoms. The Morgan fingerprint density at radius 1 is 1.43 bits per heavy atom. The predicted octanol–water partition coefficient (Wildman–Crippen LogP) is 3.54. The van der Waals surface area contributed by atoms with Crippen LogP contribution in [0.3, 0.4) is 0 Å². The van der Waals surface area contributed by atoms with Crippen molar-refractivity contribution in [2.45, 2.75) is 33.1 Å². The van der Waals surface area contributed by atoms with Crippen LogP contribution in [0.15, 0.2) is 18.2 Å². The van der Waals surface area contributed by atoms with E-state index in [1.54, 1.807) is 19.1 Å². The Morgan fingerprint density at radius 3 is 2.57 bits per heavy atom. The lowest BCUT2D eigenvalue weighted by Crippen LogP contribution is -2.00. The molecule has 0 bridgehead atoms. The molecule has 0 amide bonds. The molecule has 0 atom stereocenters. The Balaban J connectivity index is 3.13. The molecule has 1 nitrogen and oxygen atoms in total. The van der Waals surface area contributed by atoms with E-state index < -0.39 is 0 Å². The van der Waals surface area contributed by atoms with Crippen molar-refractivity contribution in [1.82, 2.24) is 0 Å². The van der Waals surface area contributed by atoms with Crippen LogP contribution in [0.4, 0.5) is 4.39 Å². The summed E-state index contributed by atoms with van der Waals surface area (Å²) in [5, 5.41) is 0. The lowest BCUT2D eigenvalue weighted by atomic mass is 9.98. The molecular weight excluding hydrogens is 179 g/mol. The molecule has 0 heterocycles. The van der Waals surface area contributed by atoms with Gasteiger partial charge < -0.3 is 0 Å². The van der Waals surface area contributed by atoms with E-state index in [4.69, 9.17) is 0 Å².